The summed E-state index contributed by atoms with van der Waals surface area (Å²) in [5, 5.41) is 4.88. The Labute approximate surface area is 130 Å². The predicted octanol–water partition coefficient (Wildman–Crippen LogP) is 4.67. The molecular formula is C16H18Cl2N2. The van der Waals surface area contributed by atoms with Crippen LogP contribution in [0.2, 0.25) is 10.0 Å². The number of benzene rings is 1. The molecule has 1 N–H and O–H groups in total. The van der Waals surface area contributed by atoms with Crippen molar-refractivity contribution in [1.82, 2.24) is 10.3 Å². The van der Waals surface area contributed by atoms with Crippen LogP contribution in [0.15, 0.2) is 42.6 Å². The third kappa shape index (κ3) is 4.20. The third-order valence-corrected chi connectivity index (χ3v) is 3.68. The standard InChI is InChI=1S/C16H18Cl2N2/c1-2-8-20-16(11-13-5-3-4-9-19-13)14-7-6-12(17)10-15(14)18/h3-7,9-10,16,20H,2,8,11H2,1H3. The summed E-state index contributed by atoms with van der Waals surface area (Å²) in [6.07, 6.45) is 3.70. The zero-order valence-corrected chi connectivity index (χ0v) is 13.0. The Kier molecular flexibility index (Phi) is 5.84. The Balaban J connectivity index is 2.22. The highest BCUT2D eigenvalue weighted by atomic mass is 35.5. The molecule has 0 aliphatic heterocycles. The summed E-state index contributed by atoms with van der Waals surface area (Å²) >= 11 is 12.3. The second-order valence-corrected chi connectivity index (χ2v) is 5.54. The molecule has 4 heteroatoms. The van der Waals surface area contributed by atoms with Gasteiger partial charge < -0.3 is 5.32 Å². The van der Waals surface area contributed by atoms with E-state index in [1.807, 2.05) is 36.5 Å². The lowest BCUT2D eigenvalue weighted by Gasteiger charge is -2.20. The van der Waals surface area contributed by atoms with E-state index in [4.69, 9.17) is 23.2 Å². The predicted molar refractivity (Wildman–Crippen MR) is 85.4 cm³/mol. The maximum absolute atomic E-state index is 6.32. The minimum atomic E-state index is 0.148. The molecule has 0 amide bonds. The maximum atomic E-state index is 6.32. The van der Waals surface area contributed by atoms with Crippen molar-refractivity contribution in [3.63, 3.8) is 0 Å². The van der Waals surface area contributed by atoms with E-state index in [0.717, 1.165) is 30.6 Å². The quantitative estimate of drug-likeness (QED) is 0.838. The van der Waals surface area contributed by atoms with Gasteiger partial charge in [0, 0.05) is 34.4 Å². The van der Waals surface area contributed by atoms with Gasteiger partial charge in [0.25, 0.3) is 0 Å². The third-order valence-electron chi connectivity index (χ3n) is 3.12. The summed E-state index contributed by atoms with van der Waals surface area (Å²) < 4.78 is 0. The molecule has 106 valence electrons. The molecule has 0 aliphatic rings. The first-order valence-electron chi connectivity index (χ1n) is 6.79. The van der Waals surface area contributed by atoms with Crippen molar-refractivity contribution in [1.29, 1.82) is 0 Å². The Bertz CT molecular complexity index is 543. The zero-order valence-electron chi connectivity index (χ0n) is 11.4. The van der Waals surface area contributed by atoms with E-state index in [1.54, 1.807) is 6.07 Å². The Morgan fingerprint density at radius 3 is 2.70 bits per heavy atom. The molecule has 0 saturated carbocycles. The van der Waals surface area contributed by atoms with E-state index in [2.05, 4.69) is 17.2 Å². The summed E-state index contributed by atoms with van der Waals surface area (Å²) in [7, 11) is 0. The van der Waals surface area contributed by atoms with Crippen LogP contribution < -0.4 is 5.32 Å². The highest BCUT2D eigenvalue weighted by Crippen LogP contribution is 2.28. The van der Waals surface area contributed by atoms with Gasteiger partial charge in [0.05, 0.1) is 0 Å². The molecule has 0 aliphatic carbocycles. The average Bonchev–Trinajstić information content (AvgIpc) is 2.45. The van der Waals surface area contributed by atoms with Crippen molar-refractivity contribution in [2.75, 3.05) is 6.54 Å². The Hall–Kier alpha value is -1.09. The highest BCUT2D eigenvalue weighted by molar-refractivity contribution is 6.35. The number of halogens is 2. The van der Waals surface area contributed by atoms with Crippen molar-refractivity contribution in [3.8, 4) is 0 Å². The van der Waals surface area contributed by atoms with Gasteiger partial charge in [0.15, 0.2) is 0 Å². The summed E-state index contributed by atoms with van der Waals surface area (Å²) in [6, 6.07) is 11.8. The second kappa shape index (κ2) is 7.63. The van der Waals surface area contributed by atoms with Crippen LogP contribution in [0.25, 0.3) is 0 Å². The zero-order chi connectivity index (χ0) is 14.4. The van der Waals surface area contributed by atoms with Crippen LogP contribution in [0.1, 0.15) is 30.6 Å². The van der Waals surface area contributed by atoms with Crippen molar-refractivity contribution >= 4 is 23.2 Å². The van der Waals surface area contributed by atoms with Crippen LogP contribution in [0, 0.1) is 0 Å². The van der Waals surface area contributed by atoms with E-state index in [9.17, 15) is 0 Å². The fourth-order valence-corrected chi connectivity index (χ4v) is 2.66. The molecule has 0 bridgehead atoms. The number of pyridine rings is 1. The fourth-order valence-electron chi connectivity index (χ4n) is 2.12. The van der Waals surface area contributed by atoms with Crippen molar-refractivity contribution in [2.24, 2.45) is 0 Å². The van der Waals surface area contributed by atoms with E-state index >= 15 is 0 Å². The lowest BCUT2D eigenvalue weighted by atomic mass is 10.0. The normalized spacial score (nSPS) is 12.3. The molecule has 2 aromatic rings. The average molecular weight is 309 g/mol. The van der Waals surface area contributed by atoms with Crippen molar-refractivity contribution in [2.45, 2.75) is 25.8 Å². The first-order chi connectivity index (χ1) is 9.70. The molecule has 0 saturated heterocycles. The molecular weight excluding hydrogens is 291 g/mol. The number of nitrogens with zero attached hydrogens (tertiary/aromatic N) is 1. The van der Waals surface area contributed by atoms with Gasteiger partial charge >= 0.3 is 0 Å². The summed E-state index contributed by atoms with van der Waals surface area (Å²) in [5.74, 6) is 0. The number of rotatable bonds is 6. The second-order valence-electron chi connectivity index (χ2n) is 4.70. The smallest absolute Gasteiger partial charge is 0.0468 e. The minimum absolute atomic E-state index is 0.148. The lowest BCUT2D eigenvalue weighted by Crippen LogP contribution is -2.24. The van der Waals surface area contributed by atoms with E-state index in [1.165, 1.54) is 0 Å². The van der Waals surface area contributed by atoms with E-state index in [0.29, 0.717) is 10.0 Å². The number of hydrogen-bond acceptors (Lipinski definition) is 2. The van der Waals surface area contributed by atoms with Gasteiger partial charge in [0.1, 0.15) is 0 Å². The number of aromatic nitrogens is 1. The first-order valence-corrected chi connectivity index (χ1v) is 7.54. The topological polar surface area (TPSA) is 24.9 Å². The number of hydrogen-bond donors (Lipinski definition) is 1. The van der Waals surface area contributed by atoms with Crippen molar-refractivity contribution < 1.29 is 0 Å². The summed E-state index contributed by atoms with van der Waals surface area (Å²) in [5.41, 5.74) is 2.11. The molecule has 0 spiro atoms. The lowest BCUT2D eigenvalue weighted by molar-refractivity contribution is 0.524. The summed E-state index contributed by atoms with van der Waals surface area (Å²) in [6.45, 7) is 3.09. The van der Waals surface area contributed by atoms with Crippen LogP contribution in [-0.2, 0) is 6.42 Å². The summed E-state index contributed by atoms with van der Waals surface area (Å²) in [4.78, 5) is 4.39. The number of nitrogens with one attached hydrogen (secondary N) is 1. The molecule has 1 aromatic carbocycles. The van der Waals surface area contributed by atoms with Crippen LogP contribution in [0.4, 0.5) is 0 Å². The minimum Gasteiger partial charge on any atom is -0.310 e. The van der Waals surface area contributed by atoms with Gasteiger partial charge in [-0.1, -0.05) is 42.3 Å². The monoisotopic (exact) mass is 308 g/mol. The fraction of sp³-hybridized carbons (Fsp3) is 0.312. The van der Waals surface area contributed by atoms with Gasteiger partial charge in [-0.3, -0.25) is 4.98 Å². The molecule has 20 heavy (non-hydrogen) atoms. The van der Waals surface area contributed by atoms with E-state index in [-0.39, 0.29) is 6.04 Å². The van der Waals surface area contributed by atoms with E-state index < -0.39 is 0 Å². The Morgan fingerprint density at radius 1 is 1.20 bits per heavy atom. The van der Waals surface area contributed by atoms with Gasteiger partial charge in [0.2, 0.25) is 0 Å². The largest absolute Gasteiger partial charge is 0.310 e. The molecule has 1 heterocycles. The van der Waals surface area contributed by atoms with Gasteiger partial charge in [-0.15, -0.1) is 0 Å². The molecule has 1 atom stereocenters. The molecule has 2 rings (SSSR count). The van der Waals surface area contributed by atoms with Gasteiger partial charge in [-0.2, -0.15) is 0 Å². The molecule has 0 radical (unpaired) electrons. The highest BCUT2D eigenvalue weighted by Gasteiger charge is 2.15. The van der Waals surface area contributed by atoms with Crippen LogP contribution in [-0.4, -0.2) is 11.5 Å². The van der Waals surface area contributed by atoms with Crippen LogP contribution in [0.3, 0.4) is 0 Å². The molecule has 0 fully saturated rings. The van der Waals surface area contributed by atoms with Crippen LogP contribution >= 0.6 is 23.2 Å². The molecule has 1 aromatic heterocycles. The SMILES string of the molecule is CCCNC(Cc1ccccn1)c1ccc(Cl)cc1Cl. The van der Waals surface area contributed by atoms with Gasteiger partial charge in [-0.25, -0.2) is 0 Å². The van der Waals surface area contributed by atoms with Gasteiger partial charge in [-0.05, 0) is 42.8 Å². The Morgan fingerprint density at radius 2 is 2.05 bits per heavy atom. The van der Waals surface area contributed by atoms with Crippen LogP contribution in [0.5, 0.6) is 0 Å². The first kappa shape index (κ1) is 15.3. The van der Waals surface area contributed by atoms with Crippen molar-refractivity contribution in [3.05, 3.63) is 63.9 Å². The molecule has 2 nitrogen and oxygen atoms in total. The molecule has 1 unspecified atom stereocenters. The maximum Gasteiger partial charge on any atom is 0.0468 e.